The molecule has 8 rings (SSSR count). The number of thiol groups is 1. The summed E-state index contributed by atoms with van der Waals surface area (Å²) in [5, 5.41) is 23.6. The number of anilines is 3. The van der Waals surface area contributed by atoms with Crippen LogP contribution in [-0.4, -0.2) is 28.9 Å². The molecule has 2 aliphatic carbocycles. The number of aliphatic carboxylic acids is 1. The van der Waals surface area contributed by atoms with Gasteiger partial charge >= 0.3 is 11.9 Å². The van der Waals surface area contributed by atoms with Gasteiger partial charge in [0.1, 0.15) is 11.6 Å². The lowest BCUT2D eigenvalue weighted by Gasteiger charge is -2.28. The number of ether oxygens (including phenoxy) is 1. The van der Waals surface area contributed by atoms with E-state index in [1.807, 2.05) is 66.7 Å². The predicted octanol–water partition coefficient (Wildman–Crippen LogP) is 10.5. The Morgan fingerprint density at radius 2 is 1.37 bits per heavy atom. The summed E-state index contributed by atoms with van der Waals surface area (Å²) in [6.07, 6.45) is 4.44. The molecule has 0 radical (unpaired) electrons. The number of hydrogen-bond acceptors (Lipinski definition) is 6. The number of esters is 1. The standard InChI is InChI=1S/C44H42N2O4S2/c1-2-32(52-27-38(36-24-22-29-14-10-12-20-34(29)36)40(43(47)48)42(52)46-31-17-7-4-8-18-31)25-50-44(49)39-37(35-23-21-28-13-9-11-19-33(28)35)26-51-41(39)45-30-15-5-3-6-16-30/h3-20,26-27,32,35-36,45-46,52H,2,21-25H2,1H3,(H,47,48). The maximum absolute atomic E-state index is 14.4. The minimum atomic E-state index is -1.16. The third-order valence-electron chi connectivity index (χ3n) is 10.7. The molecule has 264 valence electrons. The fourth-order valence-corrected chi connectivity index (χ4v) is 11.8. The van der Waals surface area contributed by atoms with Gasteiger partial charge in [-0.15, -0.1) is 11.3 Å². The van der Waals surface area contributed by atoms with Crippen molar-refractivity contribution < 1.29 is 19.4 Å². The topological polar surface area (TPSA) is 87.7 Å². The molecule has 0 spiro atoms. The normalized spacial score (nSPS) is 20.2. The molecule has 3 aliphatic rings. The van der Waals surface area contributed by atoms with E-state index in [1.54, 1.807) is 0 Å². The quantitative estimate of drug-likeness (QED) is 0.0756. The molecule has 0 saturated heterocycles. The Balaban J connectivity index is 1.12. The molecule has 0 saturated carbocycles. The van der Waals surface area contributed by atoms with E-state index in [2.05, 4.69) is 70.8 Å². The van der Waals surface area contributed by atoms with Gasteiger partial charge in [0.05, 0.1) is 16.2 Å². The third kappa shape index (κ3) is 6.57. The lowest BCUT2D eigenvalue weighted by molar-refractivity contribution is -0.132. The first-order chi connectivity index (χ1) is 25.5. The van der Waals surface area contributed by atoms with E-state index >= 15 is 0 Å². The first kappa shape index (κ1) is 34.1. The summed E-state index contributed by atoms with van der Waals surface area (Å²) in [7, 11) is -1.16. The van der Waals surface area contributed by atoms with Gasteiger partial charge in [-0.3, -0.25) is 0 Å². The molecule has 8 heteroatoms. The molecular formula is C44H42N2O4S2. The largest absolute Gasteiger partial charge is 0.478 e. The average molecular weight is 727 g/mol. The summed E-state index contributed by atoms with van der Waals surface area (Å²) >= 11 is 1.54. The number of carbonyl (C=O) groups excluding carboxylic acids is 1. The Bertz CT molecular complexity index is 2170. The number of carboxylic acids is 1. The molecular weight excluding hydrogens is 685 g/mol. The SMILES string of the molecule is CCC(COC(=O)c1c(C2CCc3ccccc32)csc1Nc1ccccc1)[SH]1C=C(C2CCc3ccccc32)C(C(=O)O)=C1Nc1ccccc1. The molecule has 0 bridgehead atoms. The van der Waals surface area contributed by atoms with Gasteiger partial charge in [-0.25, -0.2) is 9.59 Å². The summed E-state index contributed by atoms with van der Waals surface area (Å²) in [6, 6.07) is 36.6. The van der Waals surface area contributed by atoms with Crippen LogP contribution in [0.5, 0.6) is 0 Å². The van der Waals surface area contributed by atoms with Crippen LogP contribution in [0.15, 0.2) is 136 Å². The zero-order valence-electron chi connectivity index (χ0n) is 29.0. The number of carbonyl (C=O) groups is 2. The van der Waals surface area contributed by atoms with Crippen molar-refractivity contribution in [1.82, 2.24) is 0 Å². The second kappa shape index (κ2) is 14.9. The van der Waals surface area contributed by atoms with Gasteiger partial charge in [0.15, 0.2) is 0 Å². The summed E-state index contributed by atoms with van der Waals surface area (Å²) in [5.41, 5.74) is 9.67. The number of para-hydroxylation sites is 2. The van der Waals surface area contributed by atoms with E-state index in [0.717, 1.165) is 64.6 Å². The van der Waals surface area contributed by atoms with Crippen molar-refractivity contribution in [3.8, 4) is 0 Å². The zero-order valence-corrected chi connectivity index (χ0v) is 30.8. The van der Waals surface area contributed by atoms with Crippen molar-refractivity contribution in [2.24, 2.45) is 0 Å². The van der Waals surface area contributed by atoms with Crippen LogP contribution in [0.1, 0.15) is 76.2 Å². The number of fused-ring (bicyclic) bond motifs is 2. The minimum Gasteiger partial charge on any atom is -0.478 e. The molecule has 4 aromatic carbocycles. The van der Waals surface area contributed by atoms with Crippen molar-refractivity contribution in [1.29, 1.82) is 0 Å². The molecule has 4 unspecified atom stereocenters. The van der Waals surface area contributed by atoms with Crippen LogP contribution in [-0.2, 0) is 22.4 Å². The maximum atomic E-state index is 14.4. The second-order valence-electron chi connectivity index (χ2n) is 13.6. The third-order valence-corrected chi connectivity index (χ3v) is 14.3. The molecule has 5 aromatic rings. The Kier molecular flexibility index (Phi) is 9.76. The van der Waals surface area contributed by atoms with E-state index in [1.165, 1.54) is 33.6 Å². The van der Waals surface area contributed by atoms with Gasteiger partial charge in [0.2, 0.25) is 0 Å². The van der Waals surface area contributed by atoms with Gasteiger partial charge < -0.3 is 20.5 Å². The van der Waals surface area contributed by atoms with E-state index in [9.17, 15) is 14.7 Å². The molecule has 0 amide bonds. The highest BCUT2D eigenvalue weighted by Crippen LogP contribution is 2.56. The summed E-state index contributed by atoms with van der Waals surface area (Å²) in [6.45, 7) is 2.28. The number of carboxylic acid groups (broad SMARTS) is 1. The van der Waals surface area contributed by atoms with Crippen molar-refractivity contribution >= 4 is 50.5 Å². The van der Waals surface area contributed by atoms with Crippen molar-refractivity contribution in [2.45, 2.75) is 56.1 Å². The molecule has 0 fully saturated rings. The Labute approximate surface area is 311 Å². The van der Waals surface area contributed by atoms with E-state index in [4.69, 9.17) is 4.74 Å². The molecule has 1 aromatic heterocycles. The van der Waals surface area contributed by atoms with E-state index < -0.39 is 16.9 Å². The van der Waals surface area contributed by atoms with Crippen LogP contribution >= 0.6 is 22.2 Å². The van der Waals surface area contributed by atoms with Crippen LogP contribution in [0.2, 0.25) is 0 Å². The van der Waals surface area contributed by atoms with Crippen LogP contribution in [0, 0.1) is 0 Å². The first-order valence-electron chi connectivity index (χ1n) is 18.1. The van der Waals surface area contributed by atoms with Crippen LogP contribution < -0.4 is 10.6 Å². The number of hydrogen-bond donors (Lipinski definition) is 4. The molecule has 2 heterocycles. The average Bonchev–Trinajstić information content (AvgIpc) is 3.97. The number of nitrogens with one attached hydrogen (secondary N) is 2. The Hall–Kier alpha value is -5.05. The van der Waals surface area contributed by atoms with Crippen LogP contribution in [0.4, 0.5) is 16.4 Å². The van der Waals surface area contributed by atoms with E-state index in [-0.39, 0.29) is 29.7 Å². The lowest BCUT2D eigenvalue weighted by Crippen LogP contribution is -2.21. The van der Waals surface area contributed by atoms with Gasteiger partial charge in [0.25, 0.3) is 0 Å². The molecule has 4 atom stereocenters. The van der Waals surface area contributed by atoms with Crippen molar-refractivity contribution in [3.63, 3.8) is 0 Å². The first-order valence-corrected chi connectivity index (χ1v) is 20.4. The van der Waals surface area contributed by atoms with Crippen LogP contribution in [0.3, 0.4) is 0 Å². The van der Waals surface area contributed by atoms with Gasteiger partial charge in [0, 0.05) is 28.5 Å². The number of thiophene rings is 1. The summed E-state index contributed by atoms with van der Waals surface area (Å²) < 4.78 is 6.35. The Morgan fingerprint density at radius 3 is 2.00 bits per heavy atom. The van der Waals surface area contributed by atoms with Gasteiger partial charge in [-0.2, -0.15) is 10.9 Å². The van der Waals surface area contributed by atoms with Crippen molar-refractivity contribution in [3.05, 3.63) is 170 Å². The fourth-order valence-electron chi connectivity index (χ4n) is 8.09. The Morgan fingerprint density at radius 1 is 0.788 bits per heavy atom. The highest BCUT2D eigenvalue weighted by molar-refractivity contribution is 8.23. The van der Waals surface area contributed by atoms with Gasteiger partial charge in [-0.1, -0.05) is 91.9 Å². The lowest BCUT2D eigenvalue weighted by atomic mass is 9.89. The van der Waals surface area contributed by atoms with Crippen molar-refractivity contribution in [2.75, 3.05) is 17.2 Å². The molecule has 52 heavy (non-hydrogen) atoms. The zero-order chi connectivity index (χ0) is 35.6. The minimum absolute atomic E-state index is 0.0108. The molecule has 1 aliphatic heterocycles. The molecule has 6 nitrogen and oxygen atoms in total. The fraction of sp³-hybridized carbons (Fsp3) is 0.227. The van der Waals surface area contributed by atoms with E-state index in [0.29, 0.717) is 11.1 Å². The number of rotatable bonds is 12. The van der Waals surface area contributed by atoms with Crippen LogP contribution in [0.25, 0.3) is 0 Å². The smallest absolute Gasteiger partial charge is 0.341 e. The van der Waals surface area contributed by atoms with Gasteiger partial charge in [-0.05, 0) is 101 Å². The number of benzene rings is 4. The molecule has 3 N–H and O–H groups in total. The highest BCUT2D eigenvalue weighted by atomic mass is 32.2. The summed E-state index contributed by atoms with van der Waals surface area (Å²) in [5.74, 6) is -1.15. The monoisotopic (exact) mass is 726 g/mol. The predicted molar refractivity (Wildman–Crippen MR) is 214 cm³/mol. The maximum Gasteiger partial charge on any atom is 0.341 e. The number of aryl methyl sites for hydroxylation is 2. The highest BCUT2D eigenvalue weighted by Gasteiger charge is 2.39. The second-order valence-corrected chi connectivity index (χ2v) is 16.8. The summed E-state index contributed by atoms with van der Waals surface area (Å²) in [4.78, 5) is 27.6.